The van der Waals surface area contributed by atoms with Gasteiger partial charge in [-0.15, -0.1) is 0 Å². The molecule has 0 radical (unpaired) electrons. The van der Waals surface area contributed by atoms with Crippen molar-refractivity contribution in [3.05, 3.63) is 0 Å². The van der Waals surface area contributed by atoms with Gasteiger partial charge >= 0.3 is 0 Å². The summed E-state index contributed by atoms with van der Waals surface area (Å²) >= 11 is 0. The summed E-state index contributed by atoms with van der Waals surface area (Å²) in [5, 5.41) is 3.59. The zero-order valence-electron chi connectivity index (χ0n) is 11.2. The first-order valence-electron chi connectivity index (χ1n) is 6.24. The highest BCUT2D eigenvalue weighted by molar-refractivity contribution is 4.81. The lowest BCUT2D eigenvalue weighted by Crippen LogP contribution is -2.54. The third kappa shape index (κ3) is 4.78. The third-order valence-electron chi connectivity index (χ3n) is 3.44. The molecule has 1 aliphatic heterocycles. The maximum atomic E-state index is 5.08. The molecule has 2 unspecified atom stereocenters. The summed E-state index contributed by atoms with van der Waals surface area (Å²) in [6, 6.07) is 1.18. The highest BCUT2D eigenvalue weighted by Crippen LogP contribution is 2.05. The second-order valence-electron chi connectivity index (χ2n) is 4.99. The van der Waals surface area contributed by atoms with E-state index in [-0.39, 0.29) is 0 Å². The van der Waals surface area contributed by atoms with Crippen molar-refractivity contribution in [2.45, 2.75) is 25.4 Å². The molecule has 1 saturated heterocycles. The zero-order valence-corrected chi connectivity index (χ0v) is 11.2. The first-order chi connectivity index (χ1) is 7.63. The van der Waals surface area contributed by atoms with Gasteiger partial charge in [-0.05, 0) is 27.4 Å². The van der Waals surface area contributed by atoms with Crippen LogP contribution in [0.4, 0.5) is 0 Å². The average molecular weight is 229 g/mol. The lowest BCUT2D eigenvalue weighted by atomic mass is 10.1. The molecule has 0 aromatic heterocycles. The Hall–Kier alpha value is -0.160. The van der Waals surface area contributed by atoms with Gasteiger partial charge in [-0.2, -0.15) is 0 Å². The van der Waals surface area contributed by atoms with Gasteiger partial charge in [-0.3, -0.25) is 4.90 Å². The second-order valence-corrected chi connectivity index (χ2v) is 4.99. The van der Waals surface area contributed by atoms with Crippen LogP contribution in [0.25, 0.3) is 0 Å². The van der Waals surface area contributed by atoms with E-state index in [1.165, 1.54) is 19.6 Å². The van der Waals surface area contributed by atoms with Crippen molar-refractivity contribution in [3.63, 3.8) is 0 Å². The van der Waals surface area contributed by atoms with Crippen molar-refractivity contribution < 1.29 is 4.74 Å². The number of nitrogens with one attached hydrogen (secondary N) is 1. The van der Waals surface area contributed by atoms with Crippen LogP contribution in [-0.4, -0.2) is 75.9 Å². The smallest absolute Gasteiger partial charge is 0.0476 e. The minimum absolute atomic E-state index is 0.542. The molecule has 0 aromatic carbocycles. The summed E-state index contributed by atoms with van der Waals surface area (Å²) in [5.41, 5.74) is 0. The summed E-state index contributed by atoms with van der Waals surface area (Å²) in [6.45, 7) is 7.67. The van der Waals surface area contributed by atoms with Crippen molar-refractivity contribution in [1.29, 1.82) is 0 Å². The fraction of sp³-hybridized carbons (Fsp3) is 1.00. The number of methoxy groups -OCH3 is 1. The Labute approximate surface area is 99.9 Å². The maximum absolute atomic E-state index is 5.08. The van der Waals surface area contributed by atoms with Gasteiger partial charge in [-0.1, -0.05) is 0 Å². The van der Waals surface area contributed by atoms with E-state index in [4.69, 9.17) is 4.74 Å². The molecule has 0 spiro atoms. The molecular weight excluding hydrogens is 202 g/mol. The fourth-order valence-corrected chi connectivity index (χ4v) is 2.06. The number of nitrogens with zero attached hydrogens (tertiary/aromatic N) is 2. The Bertz CT molecular complexity index is 189. The molecule has 1 aliphatic rings. The van der Waals surface area contributed by atoms with Gasteiger partial charge in [0.05, 0.1) is 0 Å². The molecule has 1 rings (SSSR count). The molecule has 4 heteroatoms. The van der Waals surface area contributed by atoms with Crippen LogP contribution in [0.2, 0.25) is 0 Å². The van der Waals surface area contributed by atoms with Gasteiger partial charge < -0.3 is 15.0 Å². The van der Waals surface area contributed by atoms with Crippen molar-refractivity contribution >= 4 is 0 Å². The van der Waals surface area contributed by atoms with E-state index in [1.807, 2.05) is 0 Å². The van der Waals surface area contributed by atoms with E-state index < -0.39 is 0 Å². The average Bonchev–Trinajstić information content (AvgIpc) is 2.27. The predicted molar refractivity (Wildman–Crippen MR) is 67.9 cm³/mol. The van der Waals surface area contributed by atoms with Gasteiger partial charge in [0, 0.05) is 52.0 Å². The van der Waals surface area contributed by atoms with Gasteiger partial charge in [-0.25, -0.2) is 0 Å². The highest BCUT2D eigenvalue weighted by Gasteiger charge is 2.21. The Morgan fingerprint density at radius 2 is 2.12 bits per heavy atom. The normalized spacial score (nSPS) is 25.9. The summed E-state index contributed by atoms with van der Waals surface area (Å²) in [7, 11) is 6.18. The molecule has 1 fully saturated rings. The van der Waals surface area contributed by atoms with E-state index in [0.29, 0.717) is 12.1 Å². The first kappa shape index (κ1) is 13.9. The molecule has 2 atom stereocenters. The van der Waals surface area contributed by atoms with E-state index >= 15 is 0 Å². The predicted octanol–water partition coefficient (Wildman–Crippen LogP) is 0.247. The molecule has 96 valence electrons. The van der Waals surface area contributed by atoms with Crippen molar-refractivity contribution in [2.24, 2.45) is 0 Å². The summed E-state index contributed by atoms with van der Waals surface area (Å²) in [4.78, 5) is 4.86. The standard InChI is InChI=1S/C12H27N3O/c1-11(5-8-16-4)13-9-12-10-14(2)6-7-15(12)3/h11-13H,5-10H2,1-4H3. The second kappa shape index (κ2) is 7.22. The Kier molecular flexibility index (Phi) is 6.28. The van der Waals surface area contributed by atoms with Crippen molar-refractivity contribution in [3.8, 4) is 0 Å². The summed E-state index contributed by atoms with van der Waals surface area (Å²) < 4.78 is 5.08. The molecule has 0 amide bonds. The summed E-state index contributed by atoms with van der Waals surface area (Å²) in [5.74, 6) is 0. The maximum Gasteiger partial charge on any atom is 0.0476 e. The third-order valence-corrected chi connectivity index (χ3v) is 3.44. The number of likely N-dealkylation sites (N-methyl/N-ethyl adjacent to an activating group) is 2. The monoisotopic (exact) mass is 229 g/mol. The fourth-order valence-electron chi connectivity index (χ4n) is 2.06. The molecule has 16 heavy (non-hydrogen) atoms. The number of ether oxygens (including phenoxy) is 1. The van der Waals surface area contributed by atoms with Crippen LogP contribution >= 0.6 is 0 Å². The topological polar surface area (TPSA) is 27.7 Å². The van der Waals surface area contributed by atoms with E-state index in [9.17, 15) is 0 Å². The number of piperazine rings is 1. The first-order valence-corrected chi connectivity index (χ1v) is 6.24. The molecule has 0 aliphatic carbocycles. The molecule has 1 N–H and O–H groups in total. The van der Waals surface area contributed by atoms with Crippen molar-refractivity contribution in [2.75, 3.05) is 54.0 Å². The lowest BCUT2D eigenvalue weighted by Gasteiger charge is -2.38. The lowest BCUT2D eigenvalue weighted by molar-refractivity contribution is 0.110. The van der Waals surface area contributed by atoms with Gasteiger partial charge in [0.15, 0.2) is 0 Å². The molecule has 1 heterocycles. The van der Waals surface area contributed by atoms with E-state index in [0.717, 1.165) is 19.6 Å². The van der Waals surface area contributed by atoms with E-state index in [2.05, 4.69) is 36.1 Å². The minimum atomic E-state index is 0.542. The van der Waals surface area contributed by atoms with Crippen LogP contribution in [0.3, 0.4) is 0 Å². The molecule has 0 bridgehead atoms. The molecule has 0 saturated carbocycles. The van der Waals surface area contributed by atoms with Gasteiger partial charge in [0.1, 0.15) is 0 Å². The van der Waals surface area contributed by atoms with E-state index in [1.54, 1.807) is 7.11 Å². The van der Waals surface area contributed by atoms with Crippen LogP contribution in [-0.2, 0) is 4.74 Å². The van der Waals surface area contributed by atoms with Crippen LogP contribution in [0.5, 0.6) is 0 Å². The highest BCUT2D eigenvalue weighted by atomic mass is 16.5. The minimum Gasteiger partial charge on any atom is -0.385 e. The number of hydrogen-bond donors (Lipinski definition) is 1. The van der Waals surface area contributed by atoms with Gasteiger partial charge in [0.2, 0.25) is 0 Å². The van der Waals surface area contributed by atoms with Crippen molar-refractivity contribution in [1.82, 2.24) is 15.1 Å². The number of hydrogen-bond acceptors (Lipinski definition) is 4. The summed E-state index contributed by atoms with van der Waals surface area (Å²) in [6.07, 6.45) is 1.09. The van der Waals surface area contributed by atoms with Crippen LogP contribution in [0, 0.1) is 0 Å². The quantitative estimate of drug-likeness (QED) is 0.706. The molecule has 0 aromatic rings. The van der Waals surface area contributed by atoms with Crippen LogP contribution in [0.15, 0.2) is 0 Å². The zero-order chi connectivity index (χ0) is 12.0. The van der Waals surface area contributed by atoms with Gasteiger partial charge in [0.25, 0.3) is 0 Å². The van der Waals surface area contributed by atoms with Crippen LogP contribution in [0.1, 0.15) is 13.3 Å². The molecule has 4 nitrogen and oxygen atoms in total. The Morgan fingerprint density at radius 3 is 2.81 bits per heavy atom. The Balaban J connectivity index is 2.19. The Morgan fingerprint density at radius 1 is 1.38 bits per heavy atom. The largest absolute Gasteiger partial charge is 0.385 e. The molecular formula is C12H27N3O. The SMILES string of the molecule is COCCC(C)NCC1CN(C)CCN1C. The number of rotatable bonds is 6. The van der Waals surface area contributed by atoms with Crippen LogP contribution < -0.4 is 5.32 Å².